The topological polar surface area (TPSA) is 136 Å². The molecule has 1 aliphatic carbocycles. The van der Waals surface area contributed by atoms with Crippen molar-refractivity contribution in [1.29, 1.82) is 0 Å². The standard InChI is InChI=1S/C34H35ClN6O5/c1-18-21(7-6-10-25(18)39-32(43)24-11-12-38-41(2)34(24)44)22-8-5-9-23(30(22)35)26-14-20-15-27(45-3)31(29(20)33(40-26)46-4)37-17-19-13-28(42)36-16-19/h5-12,14,19,27,31,37H,13,15-17H2,1-4H3,(H,36,42)(H,39,43)/t19-,27-,31-/m0/s1. The van der Waals surface area contributed by atoms with Gasteiger partial charge < -0.3 is 25.4 Å². The van der Waals surface area contributed by atoms with E-state index in [1.165, 1.54) is 19.3 Å². The van der Waals surface area contributed by atoms with Crippen LogP contribution in [0.25, 0.3) is 22.4 Å². The molecule has 0 bridgehead atoms. The fourth-order valence-electron chi connectivity index (χ4n) is 6.32. The van der Waals surface area contributed by atoms with Crippen molar-refractivity contribution in [2.75, 3.05) is 32.6 Å². The van der Waals surface area contributed by atoms with Crippen LogP contribution >= 0.6 is 11.6 Å². The summed E-state index contributed by atoms with van der Waals surface area (Å²) >= 11 is 7.12. The average Bonchev–Trinajstić information content (AvgIpc) is 3.64. The monoisotopic (exact) mass is 642 g/mol. The Hall–Kier alpha value is -4.58. The molecule has 1 aliphatic heterocycles. The second-order valence-electron chi connectivity index (χ2n) is 11.6. The molecule has 46 heavy (non-hydrogen) atoms. The van der Waals surface area contributed by atoms with E-state index in [2.05, 4.69) is 21.0 Å². The zero-order chi connectivity index (χ0) is 32.5. The number of rotatable bonds is 9. The molecule has 3 atom stereocenters. The van der Waals surface area contributed by atoms with E-state index < -0.39 is 11.5 Å². The molecular weight excluding hydrogens is 608 g/mol. The first-order chi connectivity index (χ1) is 22.2. The molecule has 0 radical (unpaired) electrons. The van der Waals surface area contributed by atoms with Crippen LogP contribution in [0.1, 0.15) is 39.5 Å². The second-order valence-corrected chi connectivity index (χ2v) is 12.0. The van der Waals surface area contributed by atoms with E-state index >= 15 is 0 Å². The maximum atomic E-state index is 13.0. The number of carbonyl (C=O) groups is 2. The van der Waals surface area contributed by atoms with E-state index in [1.807, 2.05) is 43.3 Å². The summed E-state index contributed by atoms with van der Waals surface area (Å²) in [5.41, 5.74) is 5.85. The Balaban J connectivity index is 1.31. The van der Waals surface area contributed by atoms with Gasteiger partial charge in [0.25, 0.3) is 11.5 Å². The maximum absolute atomic E-state index is 13.0. The smallest absolute Gasteiger partial charge is 0.279 e. The SMILES string of the molecule is COc1nc(-c2cccc(-c3cccc(NC(=O)c4ccnn(C)c4=O)c3C)c2Cl)cc2c1[C@@H](NC[C@@H]1CNC(=O)C1)[C@@H](OC)C2. The Labute approximate surface area is 271 Å². The molecule has 1 saturated heterocycles. The highest BCUT2D eigenvalue weighted by atomic mass is 35.5. The number of aryl methyl sites for hydroxylation is 1. The molecule has 2 aliphatic rings. The van der Waals surface area contributed by atoms with Crippen LogP contribution < -0.4 is 26.2 Å². The van der Waals surface area contributed by atoms with Crippen molar-refractivity contribution in [2.24, 2.45) is 13.0 Å². The van der Waals surface area contributed by atoms with Crippen molar-refractivity contribution < 1.29 is 19.1 Å². The highest BCUT2D eigenvalue weighted by Gasteiger charge is 2.37. The Kier molecular flexibility index (Phi) is 8.90. The van der Waals surface area contributed by atoms with Gasteiger partial charge in [-0.25, -0.2) is 9.67 Å². The molecule has 6 rings (SSSR count). The summed E-state index contributed by atoms with van der Waals surface area (Å²) in [6, 6.07) is 14.6. The van der Waals surface area contributed by atoms with Gasteiger partial charge in [-0.15, -0.1) is 0 Å². The fraction of sp³-hybridized carbons (Fsp3) is 0.324. The Morgan fingerprint density at radius 2 is 1.85 bits per heavy atom. The third-order valence-electron chi connectivity index (χ3n) is 8.79. The molecule has 4 aromatic rings. The fourth-order valence-corrected chi connectivity index (χ4v) is 6.65. The molecule has 3 N–H and O–H groups in total. The Morgan fingerprint density at radius 3 is 2.59 bits per heavy atom. The second kappa shape index (κ2) is 13.0. The number of fused-ring (bicyclic) bond motifs is 1. The van der Waals surface area contributed by atoms with Crippen LogP contribution in [0.4, 0.5) is 5.69 Å². The molecule has 238 valence electrons. The minimum atomic E-state index is -0.520. The number of benzene rings is 2. The van der Waals surface area contributed by atoms with Crippen LogP contribution in [-0.4, -0.2) is 60.0 Å². The molecular formula is C34H35ClN6O5. The van der Waals surface area contributed by atoms with Gasteiger partial charge in [0.1, 0.15) is 5.56 Å². The minimum Gasteiger partial charge on any atom is -0.481 e. The van der Waals surface area contributed by atoms with Crippen LogP contribution in [0.3, 0.4) is 0 Å². The molecule has 0 saturated carbocycles. The van der Waals surface area contributed by atoms with Gasteiger partial charge in [-0.3, -0.25) is 14.4 Å². The van der Waals surface area contributed by atoms with Crippen LogP contribution in [0.2, 0.25) is 5.02 Å². The van der Waals surface area contributed by atoms with E-state index in [0.29, 0.717) is 48.2 Å². The number of halogens is 1. The third-order valence-corrected chi connectivity index (χ3v) is 9.20. The Morgan fingerprint density at radius 1 is 1.09 bits per heavy atom. The predicted molar refractivity (Wildman–Crippen MR) is 175 cm³/mol. The predicted octanol–water partition coefficient (Wildman–Crippen LogP) is 4.07. The number of hydrogen-bond acceptors (Lipinski definition) is 8. The quantitative estimate of drug-likeness (QED) is 0.249. The van der Waals surface area contributed by atoms with Crippen LogP contribution in [0.5, 0.6) is 5.88 Å². The number of carbonyl (C=O) groups excluding carboxylic acids is 2. The summed E-state index contributed by atoms with van der Waals surface area (Å²) in [7, 11) is 4.80. The van der Waals surface area contributed by atoms with Crippen LogP contribution in [-0.2, 0) is 23.0 Å². The zero-order valence-corrected chi connectivity index (χ0v) is 26.8. The molecule has 2 aromatic heterocycles. The number of nitrogens with zero attached hydrogens (tertiary/aromatic N) is 3. The lowest BCUT2D eigenvalue weighted by Gasteiger charge is -2.23. The molecule has 0 unspecified atom stereocenters. The molecule has 12 heteroatoms. The molecule has 2 amide bonds. The lowest BCUT2D eigenvalue weighted by molar-refractivity contribution is -0.119. The van der Waals surface area contributed by atoms with Crippen molar-refractivity contribution in [2.45, 2.75) is 31.9 Å². The normalized spacial score (nSPS) is 18.7. The summed E-state index contributed by atoms with van der Waals surface area (Å²) in [4.78, 5) is 42.1. The lowest BCUT2D eigenvalue weighted by Crippen LogP contribution is -2.34. The Bertz CT molecular complexity index is 1890. The van der Waals surface area contributed by atoms with Gasteiger partial charge in [0.2, 0.25) is 11.8 Å². The summed E-state index contributed by atoms with van der Waals surface area (Å²) in [5.74, 6) is 0.267. The number of aromatic nitrogens is 3. The van der Waals surface area contributed by atoms with Gasteiger partial charge in [-0.05, 0) is 47.7 Å². The molecule has 2 aromatic carbocycles. The van der Waals surface area contributed by atoms with Gasteiger partial charge >= 0.3 is 0 Å². The minimum absolute atomic E-state index is 0.00207. The molecule has 0 spiro atoms. The number of amides is 2. The van der Waals surface area contributed by atoms with Crippen molar-refractivity contribution >= 4 is 29.1 Å². The first-order valence-corrected chi connectivity index (χ1v) is 15.4. The average molecular weight is 643 g/mol. The number of pyridine rings is 1. The van der Waals surface area contributed by atoms with E-state index in [4.69, 9.17) is 26.1 Å². The van der Waals surface area contributed by atoms with E-state index in [-0.39, 0.29) is 29.5 Å². The first kappa shape index (κ1) is 31.4. The maximum Gasteiger partial charge on any atom is 0.279 e. The number of hydrogen-bond donors (Lipinski definition) is 3. The summed E-state index contributed by atoms with van der Waals surface area (Å²) in [6.45, 7) is 3.22. The lowest BCUT2D eigenvalue weighted by atomic mass is 9.96. The van der Waals surface area contributed by atoms with Crippen molar-refractivity contribution in [3.63, 3.8) is 0 Å². The van der Waals surface area contributed by atoms with Crippen molar-refractivity contribution in [3.8, 4) is 28.3 Å². The van der Waals surface area contributed by atoms with Gasteiger partial charge in [0, 0.05) is 68.7 Å². The summed E-state index contributed by atoms with van der Waals surface area (Å²) < 4.78 is 12.8. The summed E-state index contributed by atoms with van der Waals surface area (Å²) in [5, 5.41) is 13.7. The first-order valence-electron chi connectivity index (χ1n) is 15.0. The van der Waals surface area contributed by atoms with Gasteiger partial charge in [-0.2, -0.15) is 5.10 Å². The number of ether oxygens (including phenoxy) is 2. The van der Waals surface area contributed by atoms with Gasteiger partial charge in [-0.1, -0.05) is 41.9 Å². The largest absolute Gasteiger partial charge is 0.481 e. The van der Waals surface area contributed by atoms with E-state index in [1.54, 1.807) is 20.3 Å². The zero-order valence-electron chi connectivity index (χ0n) is 26.0. The number of anilines is 1. The van der Waals surface area contributed by atoms with Crippen LogP contribution in [0.15, 0.2) is 59.5 Å². The van der Waals surface area contributed by atoms with Crippen molar-refractivity contribution in [1.82, 2.24) is 25.4 Å². The van der Waals surface area contributed by atoms with E-state index in [9.17, 15) is 14.4 Å². The third kappa shape index (κ3) is 5.89. The van der Waals surface area contributed by atoms with Gasteiger partial charge in [0.15, 0.2) is 0 Å². The highest BCUT2D eigenvalue weighted by Crippen LogP contribution is 2.43. The molecule has 1 fully saturated rings. The van der Waals surface area contributed by atoms with Crippen molar-refractivity contribution in [3.05, 3.63) is 92.4 Å². The summed E-state index contributed by atoms with van der Waals surface area (Å²) in [6.07, 6.45) is 2.46. The van der Waals surface area contributed by atoms with E-state index in [0.717, 1.165) is 38.1 Å². The number of nitrogens with one attached hydrogen (secondary N) is 3. The van der Waals surface area contributed by atoms with Gasteiger partial charge in [0.05, 0.1) is 30.0 Å². The highest BCUT2D eigenvalue weighted by molar-refractivity contribution is 6.36. The molecule has 3 heterocycles. The number of methoxy groups -OCH3 is 2. The molecule has 11 nitrogen and oxygen atoms in total. The van der Waals surface area contributed by atoms with Crippen LogP contribution in [0, 0.1) is 12.8 Å².